The van der Waals surface area contributed by atoms with Crippen LogP contribution < -0.4 is 4.80 Å². The molecule has 0 bridgehead atoms. The summed E-state index contributed by atoms with van der Waals surface area (Å²) in [4.78, 5) is 16.6. The predicted molar refractivity (Wildman–Crippen MR) is 99.3 cm³/mol. The Balaban J connectivity index is 1.98. The van der Waals surface area contributed by atoms with Crippen molar-refractivity contribution in [2.24, 2.45) is 12.0 Å². The predicted octanol–water partition coefficient (Wildman–Crippen LogP) is 2.90. The molecule has 0 aliphatic rings. The molecule has 1 aromatic heterocycles. The molecule has 1 heterocycles. The number of halogens is 1. The van der Waals surface area contributed by atoms with Crippen LogP contribution in [-0.2, 0) is 21.7 Å². The van der Waals surface area contributed by atoms with Gasteiger partial charge in [0.15, 0.2) is 14.6 Å². The van der Waals surface area contributed by atoms with E-state index in [1.807, 2.05) is 26.0 Å². The second kappa shape index (κ2) is 6.77. The lowest BCUT2D eigenvalue weighted by Gasteiger charge is -2.02. The number of carbonyl (C=O) groups is 1. The van der Waals surface area contributed by atoms with E-state index in [0.29, 0.717) is 4.80 Å². The number of nitrogens with zero attached hydrogens (tertiary/aromatic N) is 2. The standard InChI is InChI=1S/C18H17FN2O3S2/c1-11-4-5-12(2)17-16(11)21(3)18(25-17)20-15(22)10-26(23,24)14-8-6-13(19)7-9-14/h4-9H,10H2,1-3H3. The first kappa shape index (κ1) is 18.5. The number of hydrogen-bond acceptors (Lipinski definition) is 4. The van der Waals surface area contributed by atoms with Crippen molar-refractivity contribution in [3.05, 3.63) is 58.1 Å². The molecule has 0 saturated heterocycles. The van der Waals surface area contributed by atoms with E-state index in [1.165, 1.54) is 11.3 Å². The summed E-state index contributed by atoms with van der Waals surface area (Å²) >= 11 is 1.35. The van der Waals surface area contributed by atoms with E-state index < -0.39 is 27.3 Å². The number of benzene rings is 2. The zero-order valence-electron chi connectivity index (χ0n) is 14.5. The number of sulfone groups is 1. The lowest BCUT2D eigenvalue weighted by Crippen LogP contribution is -2.19. The van der Waals surface area contributed by atoms with Gasteiger partial charge in [-0.05, 0) is 49.2 Å². The SMILES string of the molecule is Cc1ccc(C)c2c1sc(=NC(=O)CS(=O)(=O)c1ccc(F)cc1)n2C. The number of thiazole rings is 1. The van der Waals surface area contributed by atoms with E-state index in [-0.39, 0.29) is 4.90 Å². The fourth-order valence-corrected chi connectivity index (χ4v) is 4.99. The molecule has 3 rings (SSSR count). The largest absolute Gasteiger partial charge is 0.319 e. The van der Waals surface area contributed by atoms with Crippen LogP contribution in [0.2, 0.25) is 0 Å². The molecule has 26 heavy (non-hydrogen) atoms. The minimum Gasteiger partial charge on any atom is -0.319 e. The smallest absolute Gasteiger partial charge is 0.263 e. The fraction of sp³-hybridized carbons (Fsp3) is 0.222. The zero-order chi connectivity index (χ0) is 19.1. The molecule has 8 heteroatoms. The van der Waals surface area contributed by atoms with Crippen molar-refractivity contribution >= 4 is 37.3 Å². The Morgan fingerprint density at radius 2 is 1.73 bits per heavy atom. The number of hydrogen-bond donors (Lipinski definition) is 0. The summed E-state index contributed by atoms with van der Waals surface area (Å²) in [5, 5.41) is 0. The monoisotopic (exact) mass is 392 g/mol. The second-order valence-electron chi connectivity index (χ2n) is 6.04. The van der Waals surface area contributed by atoms with Crippen molar-refractivity contribution in [1.29, 1.82) is 0 Å². The van der Waals surface area contributed by atoms with Gasteiger partial charge in [-0.2, -0.15) is 4.99 Å². The Morgan fingerprint density at radius 3 is 2.35 bits per heavy atom. The van der Waals surface area contributed by atoms with Crippen LogP contribution in [0.4, 0.5) is 4.39 Å². The third-order valence-corrected chi connectivity index (χ3v) is 6.94. The third-order valence-electron chi connectivity index (χ3n) is 4.05. The fourth-order valence-electron chi connectivity index (χ4n) is 2.70. The van der Waals surface area contributed by atoms with Crippen LogP contribution in [0.3, 0.4) is 0 Å². The lowest BCUT2D eigenvalue weighted by molar-refractivity contribution is -0.115. The molecule has 0 fully saturated rings. The Hall–Kier alpha value is -2.32. The molecule has 0 spiro atoms. The van der Waals surface area contributed by atoms with Crippen molar-refractivity contribution in [3.8, 4) is 0 Å². The molecule has 0 aliphatic heterocycles. The molecule has 3 aromatic rings. The summed E-state index contributed by atoms with van der Waals surface area (Å²) in [6.07, 6.45) is 0. The summed E-state index contributed by atoms with van der Waals surface area (Å²) in [6, 6.07) is 8.38. The highest BCUT2D eigenvalue weighted by molar-refractivity contribution is 7.92. The molecule has 1 amide bonds. The van der Waals surface area contributed by atoms with Gasteiger partial charge < -0.3 is 4.57 Å². The molecule has 0 saturated carbocycles. The third kappa shape index (κ3) is 3.47. The van der Waals surface area contributed by atoms with E-state index in [9.17, 15) is 17.6 Å². The van der Waals surface area contributed by atoms with Crippen LogP contribution in [0.25, 0.3) is 10.2 Å². The summed E-state index contributed by atoms with van der Waals surface area (Å²) in [5.41, 5.74) is 3.10. The average molecular weight is 392 g/mol. The maximum absolute atomic E-state index is 13.0. The van der Waals surface area contributed by atoms with Gasteiger partial charge in [0.05, 0.1) is 15.1 Å². The van der Waals surface area contributed by atoms with Crippen LogP contribution in [0.5, 0.6) is 0 Å². The first-order valence-electron chi connectivity index (χ1n) is 7.80. The van der Waals surface area contributed by atoms with E-state index in [0.717, 1.165) is 45.6 Å². The molecular weight excluding hydrogens is 375 g/mol. The van der Waals surface area contributed by atoms with Crippen LogP contribution in [0, 0.1) is 19.7 Å². The van der Waals surface area contributed by atoms with Gasteiger partial charge in [-0.1, -0.05) is 23.5 Å². The average Bonchev–Trinajstić information content (AvgIpc) is 2.89. The van der Waals surface area contributed by atoms with Gasteiger partial charge in [0.1, 0.15) is 11.6 Å². The van der Waals surface area contributed by atoms with E-state index in [2.05, 4.69) is 4.99 Å². The van der Waals surface area contributed by atoms with Crippen molar-refractivity contribution in [1.82, 2.24) is 4.57 Å². The minimum atomic E-state index is -3.87. The maximum Gasteiger partial charge on any atom is 0.263 e. The van der Waals surface area contributed by atoms with E-state index >= 15 is 0 Å². The second-order valence-corrected chi connectivity index (χ2v) is 9.01. The Morgan fingerprint density at radius 1 is 1.12 bits per heavy atom. The Labute approximate surface area is 154 Å². The van der Waals surface area contributed by atoms with Gasteiger partial charge in [0.2, 0.25) is 0 Å². The van der Waals surface area contributed by atoms with Crippen molar-refractivity contribution in [2.75, 3.05) is 5.75 Å². The summed E-state index contributed by atoms with van der Waals surface area (Å²) < 4.78 is 40.4. The number of aryl methyl sites for hydroxylation is 3. The van der Waals surface area contributed by atoms with Crippen LogP contribution >= 0.6 is 11.3 Å². The number of aromatic nitrogens is 1. The van der Waals surface area contributed by atoms with Gasteiger partial charge in [0.25, 0.3) is 5.91 Å². The minimum absolute atomic E-state index is 0.102. The van der Waals surface area contributed by atoms with Crippen molar-refractivity contribution < 1.29 is 17.6 Å². The summed E-state index contributed by atoms with van der Waals surface area (Å²) in [6.45, 7) is 3.95. The maximum atomic E-state index is 13.0. The van der Waals surface area contributed by atoms with Gasteiger partial charge in [0, 0.05) is 7.05 Å². The molecular formula is C18H17FN2O3S2. The number of rotatable bonds is 3. The summed E-state index contributed by atoms with van der Waals surface area (Å²) in [7, 11) is -2.07. The topological polar surface area (TPSA) is 68.5 Å². The molecule has 0 aliphatic carbocycles. The molecule has 136 valence electrons. The first-order valence-corrected chi connectivity index (χ1v) is 10.3. The van der Waals surface area contributed by atoms with E-state index in [1.54, 1.807) is 11.6 Å². The Kier molecular flexibility index (Phi) is 4.81. The lowest BCUT2D eigenvalue weighted by atomic mass is 10.1. The highest BCUT2D eigenvalue weighted by Crippen LogP contribution is 2.24. The summed E-state index contributed by atoms with van der Waals surface area (Å²) in [5.74, 6) is -2.06. The van der Waals surface area contributed by atoms with Gasteiger partial charge in [-0.25, -0.2) is 12.8 Å². The number of fused-ring (bicyclic) bond motifs is 1. The molecule has 5 nitrogen and oxygen atoms in total. The highest BCUT2D eigenvalue weighted by atomic mass is 32.2. The van der Waals surface area contributed by atoms with Crippen molar-refractivity contribution in [2.45, 2.75) is 18.7 Å². The molecule has 0 atom stereocenters. The zero-order valence-corrected chi connectivity index (χ0v) is 16.1. The normalized spacial score (nSPS) is 12.7. The van der Waals surface area contributed by atoms with Gasteiger partial charge in [-0.3, -0.25) is 4.79 Å². The van der Waals surface area contributed by atoms with Gasteiger partial charge >= 0.3 is 0 Å². The molecule has 0 radical (unpaired) electrons. The molecule has 0 unspecified atom stereocenters. The highest BCUT2D eigenvalue weighted by Gasteiger charge is 2.19. The quantitative estimate of drug-likeness (QED) is 0.644. The van der Waals surface area contributed by atoms with Crippen LogP contribution in [0.1, 0.15) is 11.1 Å². The molecule has 2 aromatic carbocycles. The van der Waals surface area contributed by atoms with Gasteiger partial charge in [-0.15, -0.1) is 0 Å². The van der Waals surface area contributed by atoms with Crippen LogP contribution in [0.15, 0.2) is 46.3 Å². The van der Waals surface area contributed by atoms with Crippen LogP contribution in [-0.4, -0.2) is 24.6 Å². The first-order chi connectivity index (χ1) is 12.2. The van der Waals surface area contributed by atoms with E-state index in [4.69, 9.17) is 0 Å². The Bertz CT molecular complexity index is 1170. The molecule has 0 N–H and O–H groups in total. The van der Waals surface area contributed by atoms with Crippen molar-refractivity contribution in [3.63, 3.8) is 0 Å². The number of carbonyl (C=O) groups excluding carboxylic acids is 1. The number of amides is 1.